The molecule has 150 valence electrons. The molecule has 2 aromatic rings. The molecule has 1 fully saturated rings. The minimum Gasteiger partial charge on any atom is -0.496 e. The van der Waals surface area contributed by atoms with Crippen molar-refractivity contribution in [1.82, 2.24) is 0 Å². The molecule has 0 unspecified atom stereocenters. The zero-order valence-electron chi connectivity index (χ0n) is 17.5. The van der Waals surface area contributed by atoms with Gasteiger partial charge in [-0.05, 0) is 50.0 Å². The summed E-state index contributed by atoms with van der Waals surface area (Å²) in [7, 11) is 3.01. The molecule has 0 heterocycles. The van der Waals surface area contributed by atoms with Crippen LogP contribution in [0.1, 0.15) is 38.3 Å². The van der Waals surface area contributed by atoms with E-state index in [1.54, 1.807) is 7.11 Å². The molecule has 0 amide bonds. The molecule has 2 aromatic carbocycles. The van der Waals surface area contributed by atoms with Gasteiger partial charge in [-0.2, -0.15) is 0 Å². The average Bonchev–Trinajstić information content (AvgIpc) is 3.02. The van der Waals surface area contributed by atoms with Crippen molar-refractivity contribution >= 4 is 22.9 Å². The fraction of sp³-hybridized carbons (Fsp3) is 0.360. The maximum Gasteiger partial charge on any atom is 0.312 e. The molecule has 4 rings (SSSR count). The maximum atomic E-state index is 13.9. The highest BCUT2D eigenvalue weighted by Crippen LogP contribution is 2.74. The van der Waals surface area contributed by atoms with Crippen LogP contribution in [0.15, 0.2) is 54.6 Å². The van der Waals surface area contributed by atoms with E-state index in [0.29, 0.717) is 12.2 Å². The fourth-order valence-electron chi connectivity index (χ4n) is 5.71. The Labute approximate surface area is 171 Å². The van der Waals surface area contributed by atoms with Gasteiger partial charge in [0, 0.05) is 5.56 Å². The second-order valence-corrected chi connectivity index (χ2v) is 8.60. The van der Waals surface area contributed by atoms with Gasteiger partial charge in [-0.3, -0.25) is 9.59 Å². The van der Waals surface area contributed by atoms with Crippen LogP contribution in [0.5, 0.6) is 5.75 Å². The van der Waals surface area contributed by atoms with Crippen LogP contribution in [0.4, 0.5) is 0 Å². The lowest BCUT2D eigenvalue weighted by atomic mass is 9.59. The van der Waals surface area contributed by atoms with Gasteiger partial charge in [-0.25, -0.2) is 0 Å². The molecule has 0 N–H and O–H groups in total. The average molecular weight is 390 g/mol. The summed E-state index contributed by atoms with van der Waals surface area (Å²) >= 11 is 0. The normalized spacial score (nSPS) is 30.6. The third kappa shape index (κ3) is 2.26. The molecule has 2 bridgehead atoms. The molecule has 3 atom stereocenters. The van der Waals surface area contributed by atoms with Gasteiger partial charge in [0.2, 0.25) is 0 Å². The Morgan fingerprint density at radius 3 is 2.14 bits per heavy atom. The van der Waals surface area contributed by atoms with E-state index in [-0.39, 0.29) is 11.8 Å². The largest absolute Gasteiger partial charge is 0.496 e. The Morgan fingerprint density at radius 2 is 1.52 bits per heavy atom. The first kappa shape index (κ1) is 19.4. The lowest BCUT2D eigenvalue weighted by molar-refractivity contribution is -0.157. The number of hydrogen-bond donors (Lipinski definition) is 0. The molecule has 0 aromatic heterocycles. The zero-order chi connectivity index (χ0) is 21.0. The predicted molar refractivity (Wildman–Crippen MR) is 112 cm³/mol. The van der Waals surface area contributed by atoms with Gasteiger partial charge in [-0.1, -0.05) is 48.5 Å². The van der Waals surface area contributed by atoms with Crippen molar-refractivity contribution in [3.05, 3.63) is 65.7 Å². The first-order valence-electron chi connectivity index (χ1n) is 9.83. The SMILES string of the molecule is COC(=O)[C@@]1(C)C[C@]2(C)C(=O)[C@@]1(C)C(c1ccccc1OC)=C2c1ccccc1. The highest BCUT2D eigenvalue weighted by molar-refractivity contribution is 6.25. The Hall–Kier alpha value is -2.88. The van der Waals surface area contributed by atoms with Gasteiger partial charge in [0.15, 0.2) is 5.78 Å². The minimum atomic E-state index is -1.02. The van der Waals surface area contributed by atoms with E-state index in [1.807, 2.05) is 75.4 Å². The lowest BCUT2D eigenvalue weighted by Gasteiger charge is -2.42. The summed E-state index contributed by atoms with van der Waals surface area (Å²) in [5, 5.41) is 0. The fourth-order valence-corrected chi connectivity index (χ4v) is 5.71. The van der Waals surface area contributed by atoms with Crippen LogP contribution < -0.4 is 4.74 Å². The summed E-state index contributed by atoms with van der Waals surface area (Å²) in [4.78, 5) is 26.9. The molecule has 2 aliphatic carbocycles. The predicted octanol–water partition coefficient (Wildman–Crippen LogP) is 4.78. The van der Waals surface area contributed by atoms with Gasteiger partial charge in [0.25, 0.3) is 0 Å². The highest BCUT2D eigenvalue weighted by Gasteiger charge is 2.75. The highest BCUT2D eigenvalue weighted by atomic mass is 16.5. The first-order valence-corrected chi connectivity index (χ1v) is 9.83. The van der Waals surface area contributed by atoms with Crippen molar-refractivity contribution in [3.63, 3.8) is 0 Å². The van der Waals surface area contributed by atoms with Crippen LogP contribution >= 0.6 is 0 Å². The summed E-state index contributed by atoms with van der Waals surface area (Å²) in [5.74, 6) is 0.405. The third-order valence-corrected chi connectivity index (χ3v) is 7.14. The quantitative estimate of drug-likeness (QED) is 0.705. The third-order valence-electron chi connectivity index (χ3n) is 7.14. The van der Waals surface area contributed by atoms with Crippen molar-refractivity contribution in [1.29, 1.82) is 0 Å². The summed E-state index contributed by atoms with van der Waals surface area (Å²) in [6.45, 7) is 5.72. The molecular formula is C25H26O4. The molecule has 4 nitrogen and oxygen atoms in total. The summed E-state index contributed by atoms with van der Waals surface area (Å²) in [5.41, 5.74) is 0.943. The number of rotatable bonds is 4. The van der Waals surface area contributed by atoms with Gasteiger partial charge in [-0.15, -0.1) is 0 Å². The minimum absolute atomic E-state index is 0.0673. The van der Waals surface area contributed by atoms with E-state index in [9.17, 15) is 9.59 Å². The second-order valence-electron chi connectivity index (χ2n) is 8.60. The molecule has 0 radical (unpaired) electrons. The molecule has 1 saturated carbocycles. The Bertz CT molecular complexity index is 1040. The van der Waals surface area contributed by atoms with E-state index < -0.39 is 16.2 Å². The van der Waals surface area contributed by atoms with Crippen LogP contribution in [0.25, 0.3) is 11.1 Å². The standard InChI is InChI=1S/C25H26O4/c1-23-15-24(2,22(27)29-5)25(3,21(23)26)20(17-13-9-10-14-18(17)28-4)19(23)16-11-7-6-8-12-16/h6-14H,15H2,1-5H3/t23-,24+,25+/m0/s1. The maximum absolute atomic E-state index is 13.9. The number of hydrogen-bond acceptors (Lipinski definition) is 4. The van der Waals surface area contributed by atoms with Crippen LogP contribution in [0.3, 0.4) is 0 Å². The molecule has 0 spiro atoms. The number of benzene rings is 2. The van der Waals surface area contributed by atoms with Gasteiger partial charge in [0.1, 0.15) is 5.75 Å². The van der Waals surface area contributed by atoms with Crippen molar-refractivity contribution < 1.29 is 19.1 Å². The zero-order valence-corrected chi connectivity index (χ0v) is 17.5. The number of allylic oxidation sites excluding steroid dienone is 2. The van der Waals surface area contributed by atoms with Crippen molar-refractivity contribution in [2.24, 2.45) is 16.2 Å². The van der Waals surface area contributed by atoms with Crippen LogP contribution in [0, 0.1) is 16.2 Å². The van der Waals surface area contributed by atoms with Crippen LogP contribution in [-0.2, 0) is 14.3 Å². The van der Waals surface area contributed by atoms with E-state index in [2.05, 4.69) is 0 Å². The molecule has 0 saturated heterocycles. The second kappa shape index (κ2) is 6.31. The molecule has 4 heteroatoms. The smallest absolute Gasteiger partial charge is 0.312 e. The van der Waals surface area contributed by atoms with E-state index in [4.69, 9.17) is 9.47 Å². The summed E-state index contributed by atoms with van der Waals surface area (Å²) in [6, 6.07) is 17.7. The number of fused-ring (bicyclic) bond motifs is 2. The topological polar surface area (TPSA) is 52.6 Å². The number of esters is 1. The molecule has 29 heavy (non-hydrogen) atoms. The van der Waals surface area contributed by atoms with Crippen molar-refractivity contribution in [2.75, 3.05) is 14.2 Å². The lowest BCUT2D eigenvalue weighted by Crippen LogP contribution is -2.44. The number of Topliss-reactive ketones (excluding diaryl/α,β-unsaturated/α-hetero) is 1. The number of methoxy groups -OCH3 is 2. The van der Waals surface area contributed by atoms with Crippen LogP contribution in [-0.4, -0.2) is 26.0 Å². The van der Waals surface area contributed by atoms with Gasteiger partial charge >= 0.3 is 5.97 Å². The van der Waals surface area contributed by atoms with E-state index in [1.165, 1.54) is 7.11 Å². The molecular weight excluding hydrogens is 364 g/mol. The van der Waals surface area contributed by atoms with Crippen molar-refractivity contribution in [3.8, 4) is 5.75 Å². The van der Waals surface area contributed by atoms with Crippen LogP contribution in [0.2, 0.25) is 0 Å². The number of ketones is 1. The Kier molecular flexibility index (Phi) is 4.23. The van der Waals surface area contributed by atoms with Crippen molar-refractivity contribution in [2.45, 2.75) is 27.2 Å². The number of ether oxygens (including phenoxy) is 2. The van der Waals surface area contributed by atoms with E-state index >= 15 is 0 Å². The monoisotopic (exact) mass is 390 g/mol. The number of para-hydroxylation sites is 1. The van der Waals surface area contributed by atoms with Gasteiger partial charge in [0.05, 0.1) is 30.5 Å². The Morgan fingerprint density at radius 1 is 0.897 bits per heavy atom. The number of carbonyl (C=O) groups is 2. The first-order chi connectivity index (χ1) is 13.8. The summed E-state index contributed by atoms with van der Waals surface area (Å²) in [6.07, 6.45) is 0.422. The van der Waals surface area contributed by atoms with E-state index in [0.717, 1.165) is 22.3 Å². The van der Waals surface area contributed by atoms with Gasteiger partial charge < -0.3 is 9.47 Å². The molecule has 2 aliphatic rings. The Balaban J connectivity index is 2.13. The number of carbonyl (C=O) groups excluding carboxylic acids is 2. The summed E-state index contributed by atoms with van der Waals surface area (Å²) < 4.78 is 10.8. The molecule has 0 aliphatic heterocycles.